The van der Waals surface area contributed by atoms with Crippen LogP contribution in [0.1, 0.15) is 52.4 Å². The summed E-state index contributed by atoms with van der Waals surface area (Å²) < 4.78 is 17.0. The lowest BCUT2D eigenvalue weighted by molar-refractivity contribution is 0.123. The molecule has 0 bridgehead atoms. The van der Waals surface area contributed by atoms with Gasteiger partial charge >= 0.3 is 0 Å². The lowest BCUT2D eigenvalue weighted by atomic mass is 10.2. The van der Waals surface area contributed by atoms with Gasteiger partial charge in [0.15, 0.2) is 11.6 Å². The summed E-state index contributed by atoms with van der Waals surface area (Å²) in [6, 6.07) is 7.83. The van der Waals surface area contributed by atoms with Crippen LogP contribution in [0.2, 0.25) is 0 Å². The Morgan fingerprint density at radius 1 is 0.759 bits per heavy atom. The van der Waals surface area contributed by atoms with Gasteiger partial charge in [0.1, 0.15) is 12.4 Å². The van der Waals surface area contributed by atoms with Gasteiger partial charge in [0.25, 0.3) is 0 Å². The molecule has 0 amide bonds. The first-order chi connectivity index (χ1) is 14.3. The number of allylic oxidation sites excluding steroid dienone is 1. The minimum atomic E-state index is 0.590. The van der Waals surface area contributed by atoms with Gasteiger partial charge in [0.2, 0.25) is 0 Å². The van der Waals surface area contributed by atoms with Crippen molar-refractivity contribution in [1.29, 1.82) is 0 Å². The third-order valence-corrected chi connectivity index (χ3v) is 4.30. The van der Waals surface area contributed by atoms with Crippen LogP contribution in [0.3, 0.4) is 0 Å². The monoisotopic (exact) mass is 398 g/mol. The van der Waals surface area contributed by atoms with E-state index in [1.165, 1.54) is 6.42 Å². The van der Waals surface area contributed by atoms with Gasteiger partial charge < -0.3 is 14.2 Å². The molecule has 0 saturated heterocycles. The van der Waals surface area contributed by atoms with Crippen LogP contribution in [-0.4, -0.2) is 36.4 Å². The van der Waals surface area contributed by atoms with Gasteiger partial charge in [0.05, 0.1) is 19.0 Å². The molecule has 0 spiro atoms. The van der Waals surface area contributed by atoms with Crippen molar-refractivity contribution in [2.24, 2.45) is 0 Å². The van der Waals surface area contributed by atoms with Crippen molar-refractivity contribution in [3.05, 3.63) is 48.8 Å². The van der Waals surface area contributed by atoms with Crippen LogP contribution in [0.25, 0.3) is 11.4 Å². The maximum absolute atomic E-state index is 5.71. The van der Waals surface area contributed by atoms with Crippen molar-refractivity contribution in [3.63, 3.8) is 0 Å². The van der Waals surface area contributed by atoms with Gasteiger partial charge in [0, 0.05) is 18.8 Å². The summed E-state index contributed by atoms with van der Waals surface area (Å²) in [4.78, 5) is 8.82. The number of aromatic nitrogens is 2. The van der Waals surface area contributed by atoms with Crippen molar-refractivity contribution in [2.75, 3.05) is 26.4 Å². The molecule has 1 aromatic carbocycles. The molecule has 5 nitrogen and oxygen atoms in total. The molecule has 0 aliphatic carbocycles. The van der Waals surface area contributed by atoms with Crippen LogP contribution in [0.5, 0.6) is 11.5 Å². The van der Waals surface area contributed by atoms with Crippen molar-refractivity contribution in [2.45, 2.75) is 52.4 Å². The highest BCUT2D eigenvalue weighted by Gasteiger charge is 2.03. The Labute approximate surface area is 175 Å². The standard InChI is InChI=1S/C24H34N2O3/c1-3-5-7-8-17-28-22-13-11-21(12-14-22)24-25-19-23(20-26-24)29-18-10-9-16-27-15-6-4-2/h7-8,11-14,19-20H,3-6,9-10,15-18H2,1-2H3/b8-7+. The molecule has 1 heterocycles. The van der Waals surface area contributed by atoms with E-state index in [2.05, 4.69) is 36.0 Å². The normalized spacial score (nSPS) is 11.1. The highest BCUT2D eigenvalue weighted by molar-refractivity contribution is 5.56. The highest BCUT2D eigenvalue weighted by Crippen LogP contribution is 2.20. The Morgan fingerprint density at radius 2 is 1.48 bits per heavy atom. The number of rotatable bonds is 15. The van der Waals surface area contributed by atoms with Gasteiger partial charge in [-0.2, -0.15) is 0 Å². The van der Waals surface area contributed by atoms with E-state index in [0.29, 0.717) is 24.8 Å². The Hall–Kier alpha value is -2.40. The van der Waals surface area contributed by atoms with E-state index < -0.39 is 0 Å². The van der Waals surface area contributed by atoms with Crippen molar-refractivity contribution < 1.29 is 14.2 Å². The second-order valence-corrected chi connectivity index (χ2v) is 6.86. The number of benzene rings is 1. The maximum Gasteiger partial charge on any atom is 0.159 e. The molecule has 2 rings (SSSR count). The summed E-state index contributed by atoms with van der Waals surface area (Å²) in [5.41, 5.74) is 0.953. The minimum Gasteiger partial charge on any atom is -0.490 e. The zero-order chi connectivity index (χ0) is 20.6. The fraction of sp³-hybridized carbons (Fsp3) is 0.500. The molecule has 0 saturated carbocycles. The molecule has 158 valence electrons. The van der Waals surface area contributed by atoms with Crippen molar-refractivity contribution >= 4 is 0 Å². The third kappa shape index (κ3) is 9.57. The Kier molecular flexibility index (Phi) is 11.5. The molecule has 2 aromatic rings. The quantitative estimate of drug-likeness (QED) is 0.278. The van der Waals surface area contributed by atoms with E-state index >= 15 is 0 Å². The van der Waals surface area contributed by atoms with Gasteiger partial charge in [-0.15, -0.1) is 0 Å². The molecule has 1 aromatic heterocycles. The number of nitrogens with zero attached hydrogens (tertiary/aromatic N) is 2. The average Bonchev–Trinajstić information content (AvgIpc) is 2.76. The van der Waals surface area contributed by atoms with E-state index in [0.717, 1.165) is 56.6 Å². The van der Waals surface area contributed by atoms with Crippen LogP contribution < -0.4 is 9.47 Å². The molecular weight excluding hydrogens is 364 g/mol. The van der Waals surface area contributed by atoms with E-state index in [-0.39, 0.29) is 0 Å². The summed E-state index contributed by atoms with van der Waals surface area (Å²) in [5, 5.41) is 0. The van der Waals surface area contributed by atoms with Gasteiger partial charge in [-0.1, -0.05) is 38.8 Å². The summed E-state index contributed by atoms with van der Waals surface area (Å²) >= 11 is 0. The van der Waals surface area contributed by atoms with E-state index in [1.54, 1.807) is 12.4 Å². The van der Waals surface area contributed by atoms with Crippen LogP contribution in [-0.2, 0) is 4.74 Å². The summed E-state index contributed by atoms with van der Waals surface area (Å²) in [7, 11) is 0. The number of hydrogen-bond acceptors (Lipinski definition) is 5. The maximum atomic E-state index is 5.71. The largest absolute Gasteiger partial charge is 0.490 e. The number of unbranched alkanes of at least 4 members (excludes halogenated alkanes) is 3. The van der Waals surface area contributed by atoms with Crippen LogP contribution >= 0.6 is 0 Å². The zero-order valence-corrected chi connectivity index (χ0v) is 17.8. The zero-order valence-electron chi connectivity index (χ0n) is 17.8. The molecule has 0 unspecified atom stereocenters. The first-order valence-electron chi connectivity index (χ1n) is 10.7. The molecule has 0 fully saturated rings. The first-order valence-corrected chi connectivity index (χ1v) is 10.7. The van der Waals surface area contributed by atoms with Crippen molar-refractivity contribution in [1.82, 2.24) is 9.97 Å². The lowest BCUT2D eigenvalue weighted by Gasteiger charge is -2.07. The van der Waals surface area contributed by atoms with E-state index in [9.17, 15) is 0 Å². The summed E-state index contributed by atoms with van der Waals surface area (Å²) in [6.07, 6.45) is 14.2. The smallest absolute Gasteiger partial charge is 0.159 e. The fourth-order valence-electron chi connectivity index (χ4n) is 2.58. The molecule has 0 aliphatic rings. The highest BCUT2D eigenvalue weighted by atomic mass is 16.5. The fourth-order valence-corrected chi connectivity index (χ4v) is 2.58. The van der Waals surface area contributed by atoms with Crippen molar-refractivity contribution in [3.8, 4) is 22.9 Å². The molecule has 5 heteroatoms. The number of hydrogen-bond donors (Lipinski definition) is 0. The van der Waals surface area contributed by atoms with Gasteiger partial charge in [-0.25, -0.2) is 9.97 Å². The van der Waals surface area contributed by atoms with Crippen LogP contribution in [0.15, 0.2) is 48.8 Å². The number of ether oxygens (including phenoxy) is 3. The molecule has 0 radical (unpaired) electrons. The lowest BCUT2D eigenvalue weighted by Crippen LogP contribution is -2.02. The predicted octanol–water partition coefficient (Wildman–Crippen LogP) is 5.85. The predicted molar refractivity (Wildman–Crippen MR) is 117 cm³/mol. The Morgan fingerprint density at radius 3 is 2.21 bits per heavy atom. The molecule has 0 N–H and O–H groups in total. The first kappa shape index (κ1) is 22.9. The van der Waals surface area contributed by atoms with Crippen LogP contribution in [0, 0.1) is 0 Å². The van der Waals surface area contributed by atoms with Crippen LogP contribution in [0.4, 0.5) is 0 Å². The molecular formula is C24H34N2O3. The minimum absolute atomic E-state index is 0.590. The average molecular weight is 399 g/mol. The van der Waals surface area contributed by atoms with E-state index in [1.807, 2.05) is 24.3 Å². The SMILES string of the molecule is CCC/C=C/COc1ccc(-c2ncc(OCCCCOCCCC)cn2)cc1. The second-order valence-electron chi connectivity index (χ2n) is 6.86. The Bertz CT molecular complexity index is 684. The van der Waals surface area contributed by atoms with Gasteiger partial charge in [-0.05, 0) is 49.9 Å². The third-order valence-electron chi connectivity index (χ3n) is 4.30. The molecule has 29 heavy (non-hydrogen) atoms. The molecule has 0 aliphatic heterocycles. The summed E-state index contributed by atoms with van der Waals surface area (Å²) in [5.74, 6) is 2.21. The van der Waals surface area contributed by atoms with E-state index in [4.69, 9.17) is 14.2 Å². The summed E-state index contributed by atoms with van der Waals surface area (Å²) in [6.45, 7) is 7.23. The van der Waals surface area contributed by atoms with Gasteiger partial charge in [-0.3, -0.25) is 0 Å². The molecule has 0 atom stereocenters. The topological polar surface area (TPSA) is 53.5 Å². The Balaban J connectivity index is 1.69. The second kappa shape index (κ2) is 14.6.